The lowest BCUT2D eigenvalue weighted by Gasteiger charge is -2.41. The number of halogens is 5. The quantitative estimate of drug-likeness (QED) is 0.0193. The number of hydrogen-bond acceptors (Lipinski definition) is 15. The summed E-state index contributed by atoms with van der Waals surface area (Å²) in [5.41, 5.74) is -0.657. The van der Waals surface area contributed by atoms with Gasteiger partial charge in [-0.1, -0.05) is 71.4 Å². The minimum atomic E-state index is -2.38. The summed E-state index contributed by atoms with van der Waals surface area (Å²) in [5, 5.41) is 15.5. The van der Waals surface area contributed by atoms with E-state index in [1.165, 1.54) is 31.1 Å². The largest absolute Gasteiger partial charge is 0.480 e. The zero-order chi connectivity index (χ0) is 62.8. The van der Waals surface area contributed by atoms with Crippen LogP contribution in [0.4, 0.5) is 22.0 Å². The summed E-state index contributed by atoms with van der Waals surface area (Å²) < 4.78 is 110. The highest BCUT2D eigenvalue weighted by atomic mass is 19.2. The van der Waals surface area contributed by atoms with Gasteiger partial charge in [0.1, 0.15) is 17.6 Å². The van der Waals surface area contributed by atoms with Crippen LogP contribution in [0.25, 0.3) is 0 Å². The van der Waals surface area contributed by atoms with E-state index in [1.54, 1.807) is 70.8 Å². The number of hydrogen-bond donors (Lipinski definition) is 3. The summed E-state index contributed by atoms with van der Waals surface area (Å²) in [4.78, 5) is 98.4. The number of carbonyl (C=O) groups excluding carboxylic acids is 6. The molecule has 1 fully saturated rings. The molecule has 0 bridgehead atoms. The van der Waals surface area contributed by atoms with Gasteiger partial charge in [-0.05, 0) is 44.1 Å². The summed E-state index contributed by atoms with van der Waals surface area (Å²) in [7, 11) is 6.04. The molecule has 1 aliphatic rings. The van der Waals surface area contributed by atoms with Crippen LogP contribution in [-0.4, -0.2) is 204 Å². The predicted octanol–water partition coefficient (Wildman–Crippen LogP) is 5.26. The van der Waals surface area contributed by atoms with Crippen molar-refractivity contribution in [2.24, 2.45) is 17.8 Å². The Morgan fingerprint density at radius 2 is 1.24 bits per heavy atom. The van der Waals surface area contributed by atoms with Crippen LogP contribution >= 0.6 is 0 Å². The molecule has 1 aliphatic heterocycles. The summed E-state index contributed by atoms with van der Waals surface area (Å²) in [6, 6.07) is 5.62. The van der Waals surface area contributed by atoms with Crippen molar-refractivity contribution < 1.29 is 98.5 Å². The number of esters is 1. The van der Waals surface area contributed by atoms with Crippen LogP contribution in [0, 0.1) is 46.8 Å². The number of likely N-dealkylation sites (tertiary alicyclic amines) is 1. The molecule has 0 radical (unpaired) electrons. The average Bonchev–Trinajstić information content (AvgIpc) is 4.01. The first kappa shape index (κ1) is 72.4. The highest BCUT2D eigenvalue weighted by Gasteiger charge is 2.44. The Balaban J connectivity index is 1.42. The molecule has 2 aromatic carbocycles. The number of carboxylic acid groups (broad SMARTS) is 1. The molecule has 474 valence electrons. The third-order valence-corrected chi connectivity index (χ3v) is 14.9. The maximum absolute atomic E-state index is 14.6. The third kappa shape index (κ3) is 21.3. The SMILES string of the molecule is CCC(C)C(C(CC(=O)N1CCCC1C(OC)C(C)C(=O)NC(Cc1ccccc1)C(=O)O)OC)N(C)C(=O)C(NC(=O)C(C)(C)N(C)C(=O)CCOCCOCCOCCOCCOCCC(=O)Oc1c(F)c(F)c(F)c(F)c1F)C(C)C. The number of amides is 5. The molecule has 0 spiro atoms. The van der Waals surface area contributed by atoms with E-state index in [0.29, 0.717) is 25.8 Å². The van der Waals surface area contributed by atoms with Crippen molar-refractivity contribution in [1.29, 1.82) is 0 Å². The maximum Gasteiger partial charge on any atom is 0.326 e. The molecule has 21 nitrogen and oxygen atoms in total. The van der Waals surface area contributed by atoms with Crippen LogP contribution in [0.1, 0.15) is 92.6 Å². The van der Waals surface area contributed by atoms with E-state index in [-0.39, 0.29) is 103 Å². The van der Waals surface area contributed by atoms with Crippen molar-refractivity contribution in [3.8, 4) is 5.75 Å². The van der Waals surface area contributed by atoms with Gasteiger partial charge < -0.3 is 68.3 Å². The summed E-state index contributed by atoms with van der Waals surface area (Å²) in [6.45, 7) is 13.8. The van der Waals surface area contributed by atoms with Gasteiger partial charge >= 0.3 is 11.9 Å². The summed E-state index contributed by atoms with van der Waals surface area (Å²) in [6.07, 6.45) is -0.376. The number of nitrogens with one attached hydrogen (secondary N) is 2. The molecular formula is C58H86F5N5O16. The Morgan fingerprint density at radius 1 is 0.726 bits per heavy atom. The maximum atomic E-state index is 14.6. The van der Waals surface area contributed by atoms with Crippen molar-refractivity contribution in [2.75, 3.05) is 101 Å². The Morgan fingerprint density at radius 3 is 1.73 bits per heavy atom. The number of ether oxygens (including phenoxy) is 8. The molecule has 8 unspecified atom stereocenters. The van der Waals surface area contributed by atoms with Gasteiger partial charge in [-0.15, -0.1) is 0 Å². The lowest BCUT2D eigenvalue weighted by Crippen LogP contribution is -2.62. The number of aliphatic carboxylic acids is 1. The van der Waals surface area contributed by atoms with Gasteiger partial charge in [-0.3, -0.25) is 28.8 Å². The van der Waals surface area contributed by atoms with Crippen LogP contribution in [0.15, 0.2) is 30.3 Å². The van der Waals surface area contributed by atoms with Crippen molar-refractivity contribution in [1.82, 2.24) is 25.3 Å². The normalized spacial score (nSPS) is 16.1. The van der Waals surface area contributed by atoms with E-state index in [1.807, 2.05) is 19.9 Å². The number of benzene rings is 2. The Labute approximate surface area is 488 Å². The second-order valence-electron chi connectivity index (χ2n) is 21.3. The number of carbonyl (C=O) groups is 7. The molecule has 2 aromatic rings. The average molecular weight is 1200 g/mol. The van der Waals surface area contributed by atoms with Crippen molar-refractivity contribution in [3.05, 3.63) is 65.0 Å². The molecule has 3 N–H and O–H groups in total. The van der Waals surface area contributed by atoms with Gasteiger partial charge in [0.05, 0.1) is 116 Å². The molecular weight excluding hydrogens is 1120 g/mol. The number of likely N-dealkylation sites (N-methyl/N-ethyl adjacent to an activating group) is 2. The van der Waals surface area contributed by atoms with Crippen LogP contribution in [0.2, 0.25) is 0 Å². The van der Waals surface area contributed by atoms with Crippen molar-refractivity contribution in [3.63, 3.8) is 0 Å². The number of rotatable bonds is 39. The highest BCUT2D eigenvalue weighted by molar-refractivity contribution is 5.94. The molecule has 0 aliphatic carbocycles. The predicted molar refractivity (Wildman–Crippen MR) is 295 cm³/mol. The zero-order valence-electron chi connectivity index (χ0n) is 50.1. The number of carboxylic acids is 1. The third-order valence-electron chi connectivity index (χ3n) is 14.9. The van der Waals surface area contributed by atoms with E-state index < -0.39 is 125 Å². The Bertz CT molecular complexity index is 2420. The van der Waals surface area contributed by atoms with Gasteiger partial charge in [-0.2, -0.15) is 8.78 Å². The second-order valence-corrected chi connectivity index (χ2v) is 21.3. The Kier molecular flexibility index (Phi) is 31.2. The molecule has 0 aromatic heterocycles. The molecule has 3 rings (SSSR count). The van der Waals surface area contributed by atoms with Crippen molar-refractivity contribution >= 4 is 41.5 Å². The van der Waals surface area contributed by atoms with Gasteiger partial charge in [0, 0.05) is 41.3 Å². The monoisotopic (exact) mass is 1200 g/mol. The lowest BCUT2D eigenvalue weighted by atomic mass is 9.89. The smallest absolute Gasteiger partial charge is 0.326 e. The highest BCUT2D eigenvalue weighted by Crippen LogP contribution is 2.31. The lowest BCUT2D eigenvalue weighted by molar-refractivity contribution is -0.150. The molecule has 1 heterocycles. The van der Waals surface area contributed by atoms with E-state index in [0.717, 1.165) is 5.56 Å². The molecule has 84 heavy (non-hydrogen) atoms. The standard InChI is InChI=1S/C58H86F5N5O16/c1-12-36(4)51(41(77-10)34-43(70)68-22-16-19-40(68)52(78-11)37(5)54(72)64-39(56(74)75)33-38-17-14-13-15-18-38)66(8)55(73)50(35(2)3)65-57(76)58(6,7)67(9)42(69)20-23-79-25-27-81-29-31-83-32-30-82-28-26-80-24-21-44(71)84-53-48(62)46(60)45(59)47(61)49(53)63/h13-15,17-18,35-37,39-41,50-52H,12,16,19-34H2,1-11H3,(H,64,72)(H,65,76)(H,74,75). The molecule has 26 heteroatoms. The van der Waals surface area contributed by atoms with Gasteiger partial charge in [-0.25, -0.2) is 18.0 Å². The van der Waals surface area contributed by atoms with Crippen LogP contribution in [0.3, 0.4) is 0 Å². The van der Waals surface area contributed by atoms with Gasteiger partial charge in [0.25, 0.3) is 0 Å². The zero-order valence-corrected chi connectivity index (χ0v) is 50.1. The van der Waals surface area contributed by atoms with Crippen LogP contribution < -0.4 is 15.4 Å². The first-order chi connectivity index (χ1) is 39.8. The van der Waals surface area contributed by atoms with E-state index in [4.69, 9.17) is 33.2 Å². The van der Waals surface area contributed by atoms with Crippen molar-refractivity contribution in [2.45, 2.75) is 135 Å². The number of methoxy groups -OCH3 is 2. The van der Waals surface area contributed by atoms with E-state index >= 15 is 0 Å². The van der Waals surface area contributed by atoms with Gasteiger partial charge in [0.15, 0.2) is 0 Å². The second kappa shape index (κ2) is 36.2. The fourth-order valence-corrected chi connectivity index (χ4v) is 9.48. The molecule has 5 amide bonds. The van der Waals surface area contributed by atoms with Crippen LogP contribution in [-0.2, 0) is 73.1 Å². The summed E-state index contributed by atoms with van der Waals surface area (Å²) in [5.74, 6) is -19.1. The molecule has 8 atom stereocenters. The fraction of sp³-hybridized carbons (Fsp3) is 0.672. The minimum absolute atomic E-state index is 0.0160. The topological polar surface area (TPSA) is 247 Å². The first-order valence-corrected chi connectivity index (χ1v) is 28.1. The van der Waals surface area contributed by atoms with Gasteiger partial charge in [0.2, 0.25) is 64.4 Å². The first-order valence-electron chi connectivity index (χ1n) is 28.1. The van der Waals surface area contributed by atoms with E-state index in [2.05, 4.69) is 15.4 Å². The number of nitrogens with zero attached hydrogens (tertiary/aromatic N) is 3. The molecule has 0 saturated carbocycles. The minimum Gasteiger partial charge on any atom is -0.480 e. The molecule has 1 saturated heterocycles. The van der Waals surface area contributed by atoms with Crippen LogP contribution in [0.5, 0.6) is 5.75 Å². The summed E-state index contributed by atoms with van der Waals surface area (Å²) >= 11 is 0. The van der Waals surface area contributed by atoms with E-state index in [9.17, 15) is 60.6 Å². The fourth-order valence-electron chi connectivity index (χ4n) is 9.48. The Hall–Kier alpha value is -5.90.